The van der Waals surface area contributed by atoms with Gasteiger partial charge in [0.1, 0.15) is 17.3 Å². The lowest BCUT2D eigenvalue weighted by Gasteiger charge is -2.09. The van der Waals surface area contributed by atoms with Gasteiger partial charge in [0.2, 0.25) is 0 Å². The lowest BCUT2D eigenvalue weighted by Crippen LogP contribution is -2.31. The molecular weight excluding hydrogens is 397 g/mol. The van der Waals surface area contributed by atoms with Gasteiger partial charge in [-0.05, 0) is 35.9 Å². The Bertz CT molecular complexity index is 1150. The number of carbonyl (C=O) groups excluding carboxylic acids is 1. The lowest BCUT2D eigenvalue weighted by molar-refractivity contribution is -0.0925. The second-order valence-electron chi connectivity index (χ2n) is 6.34. The minimum absolute atomic E-state index is 0.157. The highest BCUT2D eigenvalue weighted by atomic mass is 19.4. The van der Waals surface area contributed by atoms with Crippen molar-refractivity contribution in [2.75, 3.05) is 7.05 Å². The first kappa shape index (κ1) is 20.8. The van der Waals surface area contributed by atoms with Gasteiger partial charge in [-0.2, -0.15) is 13.2 Å². The van der Waals surface area contributed by atoms with Crippen LogP contribution in [0.15, 0.2) is 71.5 Å². The van der Waals surface area contributed by atoms with E-state index in [-0.39, 0.29) is 17.1 Å². The number of nitrogens with zero attached hydrogens (tertiary/aromatic N) is 2. The normalized spacial score (nSPS) is 12.8. The monoisotopic (exact) mass is 414 g/mol. The van der Waals surface area contributed by atoms with E-state index in [1.165, 1.54) is 19.2 Å². The molecular formula is C21H17F3N4O2. The highest BCUT2D eigenvalue weighted by Crippen LogP contribution is 2.25. The molecule has 1 aromatic heterocycles. The first-order valence-corrected chi connectivity index (χ1v) is 8.69. The quantitative estimate of drug-likeness (QED) is 0.449. The molecule has 6 nitrogen and oxygen atoms in total. The number of amidine groups is 1. The molecule has 0 spiro atoms. The summed E-state index contributed by atoms with van der Waals surface area (Å²) in [5.74, 6) is -0.802. The van der Waals surface area contributed by atoms with Crippen molar-refractivity contribution in [1.29, 1.82) is 0 Å². The zero-order valence-corrected chi connectivity index (χ0v) is 15.7. The van der Waals surface area contributed by atoms with E-state index in [1.54, 1.807) is 36.5 Å². The minimum atomic E-state index is -4.72. The summed E-state index contributed by atoms with van der Waals surface area (Å²) in [6.45, 7) is 0. The number of hydrogen-bond donors (Lipinski definition) is 3. The van der Waals surface area contributed by atoms with E-state index in [9.17, 15) is 23.1 Å². The van der Waals surface area contributed by atoms with Crippen LogP contribution >= 0.6 is 0 Å². The summed E-state index contributed by atoms with van der Waals surface area (Å²) >= 11 is 0. The number of amides is 1. The van der Waals surface area contributed by atoms with Gasteiger partial charge in [-0.25, -0.2) is 0 Å². The highest BCUT2D eigenvalue weighted by Gasteiger charge is 2.31. The van der Waals surface area contributed by atoms with Crippen LogP contribution in [0.5, 0.6) is 5.75 Å². The first-order chi connectivity index (χ1) is 14.2. The maximum absolute atomic E-state index is 12.6. The van der Waals surface area contributed by atoms with Gasteiger partial charge in [0, 0.05) is 35.8 Å². The van der Waals surface area contributed by atoms with Crippen molar-refractivity contribution in [3.63, 3.8) is 0 Å². The van der Waals surface area contributed by atoms with Crippen molar-refractivity contribution in [3.8, 4) is 16.9 Å². The van der Waals surface area contributed by atoms with Gasteiger partial charge in [-0.1, -0.05) is 18.2 Å². The van der Waals surface area contributed by atoms with Gasteiger partial charge in [0.05, 0.1) is 5.52 Å². The fourth-order valence-electron chi connectivity index (χ4n) is 2.65. The summed E-state index contributed by atoms with van der Waals surface area (Å²) in [6, 6.07) is 13.3. The Morgan fingerprint density at radius 2 is 1.83 bits per heavy atom. The number of aromatic nitrogens is 1. The molecule has 3 rings (SSSR count). The third kappa shape index (κ3) is 4.75. The van der Waals surface area contributed by atoms with Crippen LogP contribution in [-0.2, 0) is 0 Å². The fraction of sp³-hybridized carbons (Fsp3) is 0.0952. The number of phenolic OH excluding ortho intramolecular Hbond substituents is 1. The van der Waals surface area contributed by atoms with E-state index < -0.39 is 17.8 Å². The molecule has 9 heteroatoms. The Kier molecular flexibility index (Phi) is 5.72. The number of halogens is 3. The van der Waals surface area contributed by atoms with E-state index in [1.807, 2.05) is 6.07 Å². The number of nitrogens with one attached hydrogen (secondary N) is 1. The van der Waals surface area contributed by atoms with Crippen molar-refractivity contribution in [1.82, 2.24) is 10.3 Å². The Hall–Kier alpha value is -3.88. The predicted molar refractivity (Wildman–Crippen MR) is 108 cm³/mol. The number of hydrogen-bond acceptors (Lipinski definition) is 5. The number of aliphatic imine (C=N–C) groups is 1. The van der Waals surface area contributed by atoms with Crippen LogP contribution in [0.4, 0.5) is 13.2 Å². The van der Waals surface area contributed by atoms with E-state index in [0.717, 1.165) is 16.5 Å². The molecule has 2 aromatic carbocycles. The van der Waals surface area contributed by atoms with Gasteiger partial charge in [-0.3, -0.25) is 14.8 Å². The highest BCUT2D eigenvalue weighted by molar-refractivity contribution is 6.11. The number of aromatic hydroxyl groups is 1. The number of fused-ring (bicyclic) bond motifs is 1. The van der Waals surface area contributed by atoms with Gasteiger partial charge in [0.15, 0.2) is 0 Å². The van der Waals surface area contributed by atoms with Crippen LogP contribution in [0.1, 0.15) is 10.4 Å². The number of pyridine rings is 1. The number of benzene rings is 2. The van der Waals surface area contributed by atoms with Gasteiger partial charge >= 0.3 is 6.18 Å². The fourth-order valence-corrected chi connectivity index (χ4v) is 2.65. The topological polar surface area (TPSA) is 101 Å². The average molecular weight is 414 g/mol. The van der Waals surface area contributed by atoms with Crippen molar-refractivity contribution in [3.05, 3.63) is 72.1 Å². The van der Waals surface area contributed by atoms with Crippen molar-refractivity contribution >= 4 is 22.6 Å². The lowest BCUT2D eigenvalue weighted by atomic mass is 10.0. The van der Waals surface area contributed by atoms with E-state index in [4.69, 9.17) is 5.73 Å². The zero-order chi connectivity index (χ0) is 21.9. The van der Waals surface area contributed by atoms with Crippen molar-refractivity contribution in [2.45, 2.75) is 6.18 Å². The average Bonchev–Trinajstić information content (AvgIpc) is 2.72. The molecule has 30 heavy (non-hydrogen) atoms. The Balaban J connectivity index is 1.83. The minimum Gasteiger partial charge on any atom is -0.508 e. The molecule has 4 N–H and O–H groups in total. The van der Waals surface area contributed by atoms with Crippen LogP contribution in [-0.4, -0.2) is 35.1 Å². The first-order valence-electron chi connectivity index (χ1n) is 8.69. The molecule has 0 aliphatic carbocycles. The summed E-state index contributed by atoms with van der Waals surface area (Å²) in [4.78, 5) is 20.4. The maximum Gasteiger partial charge on any atom is 0.430 e. The maximum atomic E-state index is 12.6. The van der Waals surface area contributed by atoms with Crippen LogP contribution in [0, 0.1) is 0 Å². The van der Waals surface area contributed by atoms with Gasteiger partial charge in [0.25, 0.3) is 5.91 Å². The van der Waals surface area contributed by atoms with E-state index >= 15 is 0 Å². The number of phenols is 1. The Morgan fingerprint density at radius 3 is 2.47 bits per heavy atom. The Labute approximate surface area is 169 Å². The van der Waals surface area contributed by atoms with Crippen LogP contribution in [0.3, 0.4) is 0 Å². The van der Waals surface area contributed by atoms with Gasteiger partial charge in [-0.15, -0.1) is 0 Å². The summed E-state index contributed by atoms with van der Waals surface area (Å²) < 4.78 is 37.7. The molecule has 0 radical (unpaired) electrons. The molecule has 0 unspecified atom stereocenters. The largest absolute Gasteiger partial charge is 0.508 e. The predicted octanol–water partition coefficient (Wildman–Crippen LogP) is 3.77. The molecule has 0 bridgehead atoms. The number of allylic oxidation sites excluding steroid dienone is 1. The second-order valence-corrected chi connectivity index (χ2v) is 6.34. The summed E-state index contributed by atoms with van der Waals surface area (Å²) in [5.41, 5.74) is 6.02. The van der Waals surface area contributed by atoms with E-state index in [2.05, 4.69) is 15.3 Å². The third-order valence-corrected chi connectivity index (χ3v) is 4.25. The van der Waals surface area contributed by atoms with Crippen LogP contribution in [0.2, 0.25) is 0 Å². The molecule has 3 aromatic rings. The molecule has 1 amide bonds. The molecule has 0 saturated carbocycles. The molecule has 1 heterocycles. The van der Waals surface area contributed by atoms with E-state index in [0.29, 0.717) is 11.6 Å². The molecule has 0 saturated heterocycles. The number of nitrogens with two attached hydrogens (primary N) is 1. The standard InChI is InChI=1S/C21H17F3N4O2/c1-26-19(10-18(25)21(22,23)24)28-20(30)14-3-2-13-8-15(11-27-17(13)9-14)12-4-6-16(29)7-5-12/h2-11,29H,25H2,1H3,(H,26,28,30)/b18-10-. The molecule has 0 atom stereocenters. The molecule has 0 aliphatic rings. The van der Waals surface area contributed by atoms with Crippen LogP contribution in [0.25, 0.3) is 22.0 Å². The second kappa shape index (κ2) is 8.24. The van der Waals surface area contributed by atoms with Gasteiger partial charge < -0.3 is 16.2 Å². The summed E-state index contributed by atoms with van der Waals surface area (Å²) in [7, 11) is 1.24. The molecule has 154 valence electrons. The Morgan fingerprint density at radius 1 is 1.13 bits per heavy atom. The van der Waals surface area contributed by atoms with Crippen molar-refractivity contribution in [2.24, 2.45) is 10.7 Å². The third-order valence-electron chi connectivity index (χ3n) is 4.25. The number of rotatable bonds is 3. The molecule has 0 aliphatic heterocycles. The van der Waals surface area contributed by atoms with Crippen molar-refractivity contribution < 1.29 is 23.1 Å². The SMILES string of the molecule is CN=C(/C=C(\N)C(F)(F)F)NC(=O)c1ccc2cc(-c3ccc(O)cc3)cnc2c1. The summed E-state index contributed by atoms with van der Waals surface area (Å²) in [5, 5.41) is 12.5. The van der Waals surface area contributed by atoms with Crippen LogP contribution < -0.4 is 11.1 Å². The molecule has 0 fully saturated rings. The zero-order valence-electron chi connectivity index (χ0n) is 15.7. The number of carbonyl (C=O) groups is 1. The smallest absolute Gasteiger partial charge is 0.430 e. The summed E-state index contributed by atoms with van der Waals surface area (Å²) in [6.07, 6.45) is -2.54. The number of alkyl halides is 3.